The van der Waals surface area contributed by atoms with Crippen molar-refractivity contribution in [2.75, 3.05) is 5.32 Å². The molecule has 0 spiro atoms. The van der Waals surface area contributed by atoms with E-state index in [2.05, 4.69) is 28.5 Å². The molecular formula is C21H14N2OS. The van der Waals surface area contributed by atoms with Crippen LogP contribution >= 0.6 is 11.3 Å². The molecule has 0 radical (unpaired) electrons. The van der Waals surface area contributed by atoms with Gasteiger partial charge in [-0.3, -0.25) is 10.1 Å². The van der Waals surface area contributed by atoms with Gasteiger partial charge in [-0.05, 0) is 28.5 Å². The first-order valence-electron chi connectivity index (χ1n) is 8.16. The van der Waals surface area contributed by atoms with Crippen LogP contribution in [-0.4, -0.2) is 10.9 Å². The number of nitrogens with zero attached hydrogens (tertiary/aromatic N) is 1. The summed E-state index contributed by atoms with van der Waals surface area (Å²) in [5.41, 5.74) is 4.15. The number of carbonyl (C=O) groups is 1. The molecule has 25 heavy (non-hydrogen) atoms. The van der Waals surface area contributed by atoms with Crippen molar-refractivity contribution >= 4 is 33.1 Å². The number of rotatable bonds is 2. The molecule has 120 valence electrons. The predicted molar refractivity (Wildman–Crippen MR) is 102 cm³/mol. The minimum Gasteiger partial charge on any atom is -0.298 e. The van der Waals surface area contributed by atoms with E-state index in [1.165, 1.54) is 16.0 Å². The van der Waals surface area contributed by atoms with E-state index in [0.717, 1.165) is 22.9 Å². The van der Waals surface area contributed by atoms with Crippen molar-refractivity contribution < 1.29 is 4.79 Å². The first-order valence-corrected chi connectivity index (χ1v) is 8.98. The predicted octanol–water partition coefficient (Wildman–Crippen LogP) is 5.12. The molecule has 0 unspecified atom stereocenters. The Kier molecular flexibility index (Phi) is 3.18. The molecule has 1 aliphatic carbocycles. The highest BCUT2D eigenvalue weighted by atomic mass is 32.1. The van der Waals surface area contributed by atoms with E-state index in [4.69, 9.17) is 0 Å². The van der Waals surface area contributed by atoms with Gasteiger partial charge in [0.05, 0.1) is 5.69 Å². The van der Waals surface area contributed by atoms with E-state index >= 15 is 0 Å². The van der Waals surface area contributed by atoms with Gasteiger partial charge in [0.2, 0.25) is 0 Å². The zero-order valence-corrected chi connectivity index (χ0v) is 14.1. The van der Waals surface area contributed by atoms with Crippen LogP contribution in [-0.2, 0) is 6.42 Å². The lowest BCUT2D eigenvalue weighted by atomic mass is 10.1. The van der Waals surface area contributed by atoms with Crippen LogP contribution in [0, 0.1) is 0 Å². The van der Waals surface area contributed by atoms with Gasteiger partial charge in [-0.1, -0.05) is 54.6 Å². The van der Waals surface area contributed by atoms with E-state index in [-0.39, 0.29) is 5.91 Å². The molecule has 0 bridgehead atoms. The van der Waals surface area contributed by atoms with Crippen molar-refractivity contribution in [2.24, 2.45) is 0 Å². The van der Waals surface area contributed by atoms with Crippen LogP contribution < -0.4 is 5.32 Å². The number of hydrogen-bond acceptors (Lipinski definition) is 3. The standard InChI is InChI=1S/C21H14N2OS/c24-20(16-10-9-13-5-1-2-6-14(13)11-16)23-21-22-19-17-8-4-3-7-15(17)12-18(19)25-21/h1-11H,12H2,(H,22,23,24). The Labute approximate surface area is 149 Å². The van der Waals surface area contributed by atoms with Gasteiger partial charge >= 0.3 is 0 Å². The van der Waals surface area contributed by atoms with Crippen molar-refractivity contribution in [3.63, 3.8) is 0 Å². The average Bonchev–Trinajstić information content (AvgIpc) is 3.18. The number of hydrogen-bond donors (Lipinski definition) is 1. The van der Waals surface area contributed by atoms with Crippen molar-refractivity contribution in [1.82, 2.24) is 4.98 Å². The van der Waals surface area contributed by atoms with Gasteiger partial charge in [-0.15, -0.1) is 11.3 Å². The summed E-state index contributed by atoms with van der Waals surface area (Å²) >= 11 is 1.56. The smallest absolute Gasteiger partial charge is 0.257 e. The molecule has 3 aromatic carbocycles. The SMILES string of the molecule is O=C(Nc1nc2c(s1)Cc1ccccc1-2)c1ccc2ccccc2c1. The molecule has 0 saturated heterocycles. The molecule has 1 aromatic heterocycles. The van der Waals surface area contributed by atoms with Crippen LogP contribution in [0.25, 0.3) is 22.0 Å². The van der Waals surface area contributed by atoms with Gasteiger partial charge in [-0.2, -0.15) is 0 Å². The Hall–Kier alpha value is -2.98. The van der Waals surface area contributed by atoms with Gasteiger partial charge in [0.25, 0.3) is 5.91 Å². The van der Waals surface area contributed by atoms with Crippen molar-refractivity contribution in [3.8, 4) is 11.3 Å². The highest BCUT2D eigenvalue weighted by molar-refractivity contribution is 7.16. The lowest BCUT2D eigenvalue weighted by molar-refractivity contribution is 0.102. The zero-order valence-electron chi connectivity index (χ0n) is 13.3. The van der Waals surface area contributed by atoms with Gasteiger partial charge in [0.15, 0.2) is 5.13 Å². The maximum Gasteiger partial charge on any atom is 0.257 e. The van der Waals surface area contributed by atoms with Gasteiger partial charge < -0.3 is 0 Å². The minimum atomic E-state index is -0.119. The third-order valence-corrected chi connectivity index (χ3v) is 5.52. The van der Waals surface area contributed by atoms with E-state index in [1.54, 1.807) is 11.3 Å². The Morgan fingerprint density at radius 3 is 2.68 bits per heavy atom. The topological polar surface area (TPSA) is 42.0 Å². The fourth-order valence-corrected chi connectivity index (χ4v) is 4.31. The van der Waals surface area contributed by atoms with Crippen LogP contribution in [0.1, 0.15) is 20.8 Å². The number of anilines is 1. The van der Waals surface area contributed by atoms with Gasteiger partial charge in [0.1, 0.15) is 0 Å². The molecule has 0 fully saturated rings. The average molecular weight is 342 g/mol. The largest absolute Gasteiger partial charge is 0.298 e. The quantitative estimate of drug-likeness (QED) is 0.484. The van der Waals surface area contributed by atoms with E-state index in [1.807, 2.05) is 48.5 Å². The lowest BCUT2D eigenvalue weighted by Crippen LogP contribution is -2.11. The molecule has 3 nitrogen and oxygen atoms in total. The Morgan fingerprint density at radius 1 is 0.960 bits per heavy atom. The number of fused-ring (bicyclic) bond motifs is 4. The maximum absolute atomic E-state index is 12.6. The molecule has 1 heterocycles. The molecule has 1 aliphatic rings. The van der Waals surface area contributed by atoms with Crippen LogP contribution in [0.2, 0.25) is 0 Å². The van der Waals surface area contributed by atoms with E-state index < -0.39 is 0 Å². The highest BCUT2D eigenvalue weighted by Crippen LogP contribution is 2.40. The summed E-state index contributed by atoms with van der Waals surface area (Å²) in [6.07, 6.45) is 0.898. The number of aromatic nitrogens is 1. The summed E-state index contributed by atoms with van der Waals surface area (Å²) in [4.78, 5) is 18.4. The Bertz CT molecular complexity index is 1130. The summed E-state index contributed by atoms with van der Waals surface area (Å²) in [5, 5.41) is 5.81. The first-order chi connectivity index (χ1) is 12.3. The molecule has 0 aliphatic heterocycles. The number of amides is 1. The zero-order chi connectivity index (χ0) is 16.8. The summed E-state index contributed by atoms with van der Waals surface area (Å²) in [7, 11) is 0. The monoisotopic (exact) mass is 342 g/mol. The van der Waals surface area contributed by atoms with Crippen LogP contribution in [0.3, 0.4) is 0 Å². The molecule has 1 N–H and O–H groups in total. The lowest BCUT2D eigenvalue weighted by Gasteiger charge is -2.04. The van der Waals surface area contributed by atoms with Crippen LogP contribution in [0.5, 0.6) is 0 Å². The third kappa shape index (κ3) is 2.42. The number of thiazole rings is 1. The Balaban J connectivity index is 1.43. The molecule has 1 amide bonds. The fourth-order valence-electron chi connectivity index (χ4n) is 3.31. The van der Waals surface area contributed by atoms with Crippen molar-refractivity contribution in [1.29, 1.82) is 0 Å². The highest BCUT2D eigenvalue weighted by Gasteiger charge is 2.23. The van der Waals surface area contributed by atoms with Crippen LogP contribution in [0.15, 0.2) is 66.7 Å². The van der Waals surface area contributed by atoms with E-state index in [9.17, 15) is 4.79 Å². The molecule has 4 heteroatoms. The normalized spacial score (nSPS) is 12.0. The second-order valence-corrected chi connectivity index (χ2v) is 7.22. The van der Waals surface area contributed by atoms with Gasteiger partial charge in [0, 0.05) is 22.4 Å². The van der Waals surface area contributed by atoms with Crippen molar-refractivity contribution in [3.05, 3.63) is 82.7 Å². The summed E-state index contributed by atoms with van der Waals surface area (Å²) in [6.45, 7) is 0. The first kappa shape index (κ1) is 14.4. The summed E-state index contributed by atoms with van der Waals surface area (Å²) in [5.74, 6) is -0.119. The minimum absolute atomic E-state index is 0.119. The fraction of sp³-hybridized carbons (Fsp3) is 0.0476. The number of carbonyl (C=O) groups excluding carboxylic acids is 1. The second kappa shape index (κ2) is 5.53. The molecule has 0 atom stereocenters. The molecule has 5 rings (SSSR count). The van der Waals surface area contributed by atoms with Crippen LogP contribution in [0.4, 0.5) is 5.13 Å². The van der Waals surface area contributed by atoms with E-state index in [0.29, 0.717) is 10.7 Å². The summed E-state index contributed by atoms with van der Waals surface area (Å²) in [6, 6.07) is 22.1. The van der Waals surface area contributed by atoms with Crippen molar-refractivity contribution in [2.45, 2.75) is 6.42 Å². The molecular weight excluding hydrogens is 328 g/mol. The molecule has 4 aromatic rings. The summed E-state index contributed by atoms with van der Waals surface area (Å²) < 4.78 is 0. The van der Waals surface area contributed by atoms with Gasteiger partial charge in [-0.25, -0.2) is 4.98 Å². The Morgan fingerprint density at radius 2 is 1.76 bits per heavy atom. The third-order valence-electron chi connectivity index (χ3n) is 4.55. The number of benzene rings is 3. The molecule has 0 saturated carbocycles. The maximum atomic E-state index is 12.6. The second-order valence-electron chi connectivity index (χ2n) is 6.14. The number of nitrogens with one attached hydrogen (secondary N) is 1.